The third-order valence-electron chi connectivity index (χ3n) is 4.90. The van der Waals surface area contributed by atoms with Crippen LogP contribution < -0.4 is 10.6 Å². The lowest BCUT2D eigenvalue weighted by molar-refractivity contribution is 0.0976. The van der Waals surface area contributed by atoms with Gasteiger partial charge in [-0.15, -0.1) is 0 Å². The average molecular weight is 407 g/mol. The molecule has 1 heterocycles. The molecule has 0 saturated heterocycles. The number of aryl methyl sites for hydroxylation is 4. The summed E-state index contributed by atoms with van der Waals surface area (Å²) in [6.45, 7) is 8.04. The van der Waals surface area contributed by atoms with Gasteiger partial charge >= 0.3 is 0 Å². The molecule has 3 aromatic rings. The summed E-state index contributed by atoms with van der Waals surface area (Å²) in [4.78, 5) is 17.4. The van der Waals surface area contributed by atoms with Crippen LogP contribution in [0.4, 0.5) is 10.1 Å². The number of halogens is 1. The Balaban J connectivity index is 1.90. The minimum absolute atomic E-state index is 0.173. The SMILES string of the molecule is Cc1cc(C)cc(C(=O)NC(=NCc2c(C)nn(C)c2C)Nc2ccccc2F)c1. The van der Waals surface area contributed by atoms with Crippen molar-refractivity contribution >= 4 is 17.6 Å². The van der Waals surface area contributed by atoms with Crippen LogP contribution in [0.5, 0.6) is 0 Å². The largest absolute Gasteiger partial charge is 0.323 e. The van der Waals surface area contributed by atoms with Crippen molar-refractivity contribution in [3.63, 3.8) is 0 Å². The molecule has 0 atom stereocenters. The van der Waals surface area contributed by atoms with E-state index in [0.29, 0.717) is 12.1 Å². The van der Waals surface area contributed by atoms with Crippen LogP contribution in [-0.2, 0) is 13.6 Å². The van der Waals surface area contributed by atoms with Crippen LogP contribution in [0.15, 0.2) is 47.5 Å². The lowest BCUT2D eigenvalue weighted by Gasteiger charge is -2.13. The van der Waals surface area contributed by atoms with Gasteiger partial charge in [0.1, 0.15) is 5.82 Å². The fraction of sp³-hybridized carbons (Fsp3) is 0.261. The average Bonchev–Trinajstić information content (AvgIpc) is 2.92. The number of carbonyl (C=O) groups is 1. The number of para-hydroxylation sites is 1. The number of guanidine groups is 1. The van der Waals surface area contributed by atoms with Gasteiger partial charge in [-0.1, -0.05) is 29.3 Å². The third kappa shape index (κ3) is 4.92. The Labute approximate surface area is 175 Å². The Kier molecular flexibility index (Phi) is 6.30. The van der Waals surface area contributed by atoms with E-state index in [1.54, 1.807) is 35.0 Å². The van der Waals surface area contributed by atoms with Crippen molar-refractivity contribution in [1.82, 2.24) is 15.1 Å². The minimum atomic E-state index is -0.431. The molecule has 1 amide bonds. The number of hydrogen-bond donors (Lipinski definition) is 2. The van der Waals surface area contributed by atoms with Gasteiger partial charge in [0.05, 0.1) is 17.9 Å². The molecule has 2 aromatic carbocycles. The van der Waals surface area contributed by atoms with Gasteiger partial charge < -0.3 is 5.32 Å². The summed E-state index contributed by atoms with van der Waals surface area (Å²) in [5, 5.41) is 10.1. The molecule has 1 aromatic heterocycles. The lowest BCUT2D eigenvalue weighted by Crippen LogP contribution is -2.36. The van der Waals surface area contributed by atoms with E-state index in [0.717, 1.165) is 28.1 Å². The number of aromatic nitrogens is 2. The molecular weight excluding hydrogens is 381 g/mol. The Morgan fingerprint density at radius 2 is 1.77 bits per heavy atom. The van der Waals surface area contributed by atoms with Crippen molar-refractivity contribution in [2.75, 3.05) is 5.32 Å². The third-order valence-corrected chi connectivity index (χ3v) is 4.90. The van der Waals surface area contributed by atoms with E-state index in [2.05, 4.69) is 20.7 Å². The Bertz CT molecular complexity index is 1100. The van der Waals surface area contributed by atoms with Gasteiger partial charge in [-0.05, 0) is 52.0 Å². The molecule has 0 bridgehead atoms. The molecule has 30 heavy (non-hydrogen) atoms. The molecule has 0 spiro atoms. The maximum absolute atomic E-state index is 14.2. The Morgan fingerprint density at radius 1 is 1.10 bits per heavy atom. The highest BCUT2D eigenvalue weighted by Crippen LogP contribution is 2.15. The Hall–Kier alpha value is -3.48. The monoisotopic (exact) mass is 407 g/mol. The molecule has 6 nitrogen and oxygen atoms in total. The first-order valence-corrected chi connectivity index (χ1v) is 9.69. The van der Waals surface area contributed by atoms with E-state index in [-0.39, 0.29) is 17.6 Å². The number of nitrogens with zero attached hydrogens (tertiary/aromatic N) is 3. The lowest BCUT2D eigenvalue weighted by atomic mass is 10.1. The van der Waals surface area contributed by atoms with Crippen molar-refractivity contribution < 1.29 is 9.18 Å². The number of rotatable bonds is 4. The predicted molar refractivity (Wildman–Crippen MR) is 117 cm³/mol. The van der Waals surface area contributed by atoms with E-state index in [1.165, 1.54) is 6.07 Å². The molecule has 2 N–H and O–H groups in total. The molecule has 0 unspecified atom stereocenters. The van der Waals surface area contributed by atoms with Crippen molar-refractivity contribution in [3.05, 3.63) is 81.9 Å². The normalized spacial score (nSPS) is 11.5. The summed E-state index contributed by atoms with van der Waals surface area (Å²) in [7, 11) is 1.87. The van der Waals surface area contributed by atoms with Crippen LogP contribution in [0, 0.1) is 33.5 Å². The van der Waals surface area contributed by atoms with E-state index in [4.69, 9.17) is 0 Å². The van der Waals surface area contributed by atoms with Gasteiger partial charge in [-0.25, -0.2) is 9.38 Å². The molecule has 3 rings (SSSR count). The van der Waals surface area contributed by atoms with Gasteiger partial charge in [0.2, 0.25) is 5.96 Å². The van der Waals surface area contributed by atoms with Gasteiger partial charge in [0, 0.05) is 23.9 Å². The van der Waals surface area contributed by atoms with E-state index < -0.39 is 5.82 Å². The molecule has 7 heteroatoms. The maximum Gasteiger partial charge on any atom is 0.257 e. The smallest absolute Gasteiger partial charge is 0.257 e. The fourth-order valence-corrected chi connectivity index (χ4v) is 3.29. The summed E-state index contributed by atoms with van der Waals surface area (Å²) in [5.41, 5.74) is 5.54. The highest BCUT2D eigenvalue weighted by molar-refractivity contribution is 6.10. The maximum atomic E-state index is 14.2. The van der Waals surface area contributed by atoms with Crippen LogP contribution in [0.1, 0.15) is 38.4 Å². The highest BCUT2D eigenvalue weighted by Gasteiger charge is 2.14. The molecule has 0 saturated carbocycles. The van der Waals surface area contributed by atoms with Crippen LogP contribution in [-0.4, -0.2) is 21.6 Å². The number of carbonyl (C=O) groups excluding carboxylic acids is 1. The zero-order valence-corrected chi connectivity index (χ0v) is 17.9. The predicted octanol–water partition coefficient (Wildman–Crippen LogP) is 4.19. The first-order valence-electron chi connectivity index (χ1n) is 9.69. The number of hydrogen-bond acceptors (Lipinski definition) is 3. The zero-order valence-electron chi connectivity index (χ0n) is 17.9. The summed E-state index contributed by atoms with van der Waals surface area (Å²) in [6.07, 6.45) is 0. The highest BCUT2D eigenvalue weighted by atomic mass is 19.1. The molecule has 0 fully saturated rings. The summed E-state index contributed by atoms with van der Waals surface area (Å²) < 4.78 is 16.0. The molecule has 0 aliphatic rings. The van der Waals surface area contributed by atoms with Gasteiger partial charge in [0.15, 0.2) is 0 Å². The van der Waals surface area contributed by atoms with Crippen molar-refractivity contribution in [2.24, 2.45) is 12.0 Å². The topological polar surface area (TPSA) is 71.3 Å². The number of anilines is 1. The Morgan fingerprint density at radius 3 is 2.37 bits per heavy atom. The van der Waals surface area contributed by atoms with Crippen LogP contribution >= 0.6 is 0 Å². The van der Waals surface area contributed by atoms with Gasteiger partial charge in [-0.3, -0.25) is 14.8 Å². The van der Waals surface area contributed by atoms with E-state index >= 15 is 0 Å². The van der Waals surface area contributed by atoms with Crippen LogP contribution in [0.25, 0.3) is 0 Å². The minimum Gasteiger partial charge on any atom is -0.323 e. The van der Waals surface area contributed by atoms with E-state index in [9.17, 15) is 9.18 Å². The zero-order chi connectivity index (χ0) is 21.8. The molecule has 0 radical (unpaired) electrons. The number of aliphatic imine (C=N–C) groups is 1. The fourth-order valence-electron chi connectivity index (χ4n) is 3.29. The first-order chi connectivity index (χ1) is 14.2. The van der Waals surface area contributed by atoms with Crippen LogP contribution in [0.3, 0.4) is 0 Å². The second kappa shape index (κ2) is 8.90. The second-order valence-corrected chi connectivity index (χ2v) is 7.37. The molecule has 0 aliphatic heterocycles. The van der Waals surface area contributed by atoms with Crippen molar-refractivity contribution in [2.45, 2.75) is 34.2 Å². The molecular formula is C23H26FN5O. The molecule has 0 aliphatic carbocycles. The van der Waals surface area contributed by atoms with E-state index in [1.807, 2.05) is 40.8 Å². The standard InChI is InChI=1S/C23H26FN5O/c1-14-10-15(2)12-18(11-14)22(30)27-23(26-21-9-7-6-8-20(21)24)25-13-19-16(3)28-29(5)17(19)4/h6-12H,13H2,1-5H3,(H2,25,26,27,30). The van der Waals surface area contributed by atoms with Gasteiger partial charge in [-0.2, -0.15) is 5.10 Å². The van der Waals surface area contributed by atoms with Crippen molar-refractivity contribution in [1.29, 1.82) is 0 Å². The number of amides is 1. The summed E-state index contributed by atoms with van der Waals surface area (Å²) in [5.74, 6) is -0.574. The summed E-state index contributed by atoms with van der Waals surface area (Å²) >= 11 is 0. The van der Waals surface area contributed by atoms with Crippen LogP contribution in [0.2, 0.25) is 0 Å². The molecule has 156 valence electrons. The number of nitrogens with one attached hydrogen (secondary N) is 2. The second-order valence-electron chi connectivity index (χ2n) is 7.37. The first kappa shape index (κ1) is 21.2. The quantitative estimate of drug-likeness (QED) is 0.503. The number of benzene rings is 2. The van der Waals surface area contributed by atoms with Crippen molar-refractivity contribution in [3.8, 4) is 0 Å². The summed E-state index contributed by atoms with van der Waals surface area (Å²) in [6, 6.07) is 11.9. The van der Waals surface area contributed by atoms with Gasteiger partial charge in [0.25, 0.3) is 5.91 Å².